The molecule has 2 aliphatic heterocycles. The molecule has 0 saturated carbocycles. The van der Waals surface area contributed by atoms with Crippen LogP contribution in [0.4, 0.5) is 5.69 Å². The van der Waals surface area contributed by atoms with Crippen molar-refractivity contribution in [3.8, 4) is 0 Å². The minimum atomic E-state index is -0.721. The summed E-state index contributed by atoms with van der Waals surface area (Å²) in [6.07, 6.45) is 0. The van der Waals surface area contributed by atoms with Gasteiger partial charge in [0.1, 0.15) is 11.6 Å². The number of hydrogen-bond acceptors (Lipinski definition) is 4. The molecule has 0 spiro atoms. The van der Waals surface area contributed by atoms with Crippen molar-refractivity contribution < 1.29 is 14.8 Å². The van der Waals surface area contributed by atoms with Crippen LogP contribution in [0.3, 0.4) is 0 Å². The van der Waals surface area contributed by atoms with Crippen LogP contribution in [0.15, 0.2) is 29.3 Å². The molecule has 0 radical (unpaired) electrons. The largest absolute Gasteiger partial charge is 0.300 e. The first-order chi connectivity index (χ1) is 7.20. The Hall–Kier alpha value is -2.01. The average molecular weight is 202 g/mol. The monoisotopic (exact) mass is 202 g/mol. The molecule has 1 saturated heterocycles. The highest BCUT2D eigenvalue weighted by Gasteiger charge is 2.49. The Morgan fingerprint density at radius 3 is 2.80 bits per heavy atom. The highest BCUT2D eigenvalue weighted by atomic mass is 16.5. The standard InChI is InChI=1S/C10H6N2O3/c13-9-7-5-3-1-2-4-6(5)11-8(7)10(14)12(9)15/h1-4,7,15H. The van der Waals surface area contributed by atoms with Crippen molar-refractivity contribution in [2.24, 2.45) is 4.99 Å². The SMILES string of the molecule is O=C1C2=Nc3ccccc3C2C(=O)N1O. The van der Waals surface area contributed by atoms with E-state index >= 15 is 0 Å². The summed E-state index contributed by atoms with van der Waals surface area (Å²) >= 11 is 0. The number of carbonyl (C=O) groups is 2. The predicted molar refractivity (Wildman–Crippen MR) is 49.9 cm³/mol. The lowest BCUT2D eigenvalue weighted by Gasteiger charge is -2.05. The molecular formula is C10H6N2O3. The molecule has 2 aliphatic rings. The number of fused-ring (bicyclic) bond motifs is 3. The van der Waals surface area contributed by atoms with Crippen LogP contribution in [-0.4, -0.2) is 27.8 Å². The number of aliphatic imine (C=N–C) groups is 1. The minimum absolute atomic E-state index is 0.115. The van der Waals surface area contributed by atoms with Gasteiger partial charge in [0.05, 0.1) is 5.69 Å². The van der Waals surface area contributed by atoms with E-state index in [1.807, 2.05) is 0 Å². The van der Waals surface area contributed by atoms with Crippen molar-refractivity contribution in [3.05, 3.63) is 29.8 Å². The third kappa shape index (κ3) is 0.875. The molecule has 2 heterocycles. The molecule has 0 aliphatic carbocycles. The Labute approximate surface area is 84.6 Å². The molecule has 3 rings (SSSR count). The molecule has 0 aromatic heterocycles. The lowest BCUT2D eigenvalue weighted by atomic mass is 9.98. The second-order valence-corrected chi connectivity index (χ2v) is 3.44. The molecule has 1 aromatic rings. The van der Waals surface area contributed by atoms with Crippen molar-refractivity contribution in [1.82, 2.24) is 5.06 Å². The van der Waals surface area contributed by atoms with Gasteiger partial charge in [0.2, 0.25) is 0 Å². The number of carbonyl (C=O) groups excluding carboxylic acids is 2. The molecule has 1 N–H and O–H groups in total. The van der Waals surface area contributed by atoms with E-state index in [0.29, 0.717) is 11.3 Å². The Morgan fingerprint density at radius 1 is 1.27 bits per heavy atom. The van der Waals surface area contributed by atoms with E-state index in [0.717, 1.165) is 0 Å². The van der Waals surface area contributed by atoms with Gasteiger partial charge in [-0.3, -0.25) is 14.8 Å². The van der Waals surface area contributed by atoms with Gasteiger partial charge in [0.25, 0.3) is 11.8 Å². The molecule has 1 aromatic carbocycles. The second kappa shape index (κ2) is 2.52. The van der Waals surface area contributed by atoms with Crippen LogP contribution in [-0.2, 0) is 9.59 Å². The Bertz CT molecular complexity index is 521. The smallest absolute Gasteiger partial charge is 0.278 e. The summed E-state index contributed by atoms with van der Waals surface area (Å²) in [5.74, 6) is -2.05. The summed E-state index contributed by atoms with van der Waals surface area (Å²) in [5.41, 5.74) is 1.43. The van der Waals surface area contributed by atoms with Crippen LogP contribution in [0.1, 0.15) is 11.5 Å². The zero-order valence-corrected chi connectivity index (χ0v) is 7.54. The van der Waals surface area contributed by atoms with Crippen LogP contribution in [0.25, 0.3) is 0 Å². The molecule has 0 bridgehead atoms. The summed E-state index contributed by atoms with van der Waals surface area (Å²) < 4.78 is 0. The van der Waals surface area contributed by atoms with E-state index in [9.17, 15) is 9.59 Å². The number of para-hydroxylation sites is 1. The van der Waals surface area contributed by atoms with E-state index < -0.39 is 17.7 Å². The first kappa shape index (κ1) is 8.31. The molecule has 74 valence electrons. The topological polar surface area (TPSA) is 70.0 Å². The minimum Gasteiger partial charge on any atom is -0.278 e. The van der Waals surface area contributed by atoms with Crippen molar-refractivity contribution in [2.75, 3.05) is 0 Å². The third-order valence-corrected chi connectivity index (χ3v) is 2.63. The van der Waals surface area contributed by atoms with Crippen LogP contribution in [0.5, 0.6) is 0 Å². The van der Waals surface area contributed by atoms with Crippen molar-refractivity contribution in [2.45, 2.75) is 5.92 Å². The number of hydroxylamine groups is 2. The number of nitrogens with zero attached hydrogens (tertiary/aromatic N) is 2. The highest BCUT2D eigenvalue weighted by molar-refractivity contribution is 6.52. The summed E-state index contributed by atoms with van der Waals surface area (Å²) in [5, 5.41) is 9.29. The van der Waals surface area contributed by atoms with Gasteiger partial charge in [0.15, 0.2) is 0 Å². The first-order valence-corrected chi connectivity index (χ1v) is 4.45. The molecule has 5 nitrogen and oxygen atoms in total. The predicted octanol–water partition coefficient (Wildman–Crippen LogP) is 0.614. The van der Waals surface area contributed by atoms with Crippen LogP contribution in [0.2, 0.25) is 0 Å². The zero-order chi connectivity index (χ0) is 10.6. The number of rotatable bonds is 0. The fraction of sp³-hybridized carbons (Fsp3) is 0.100. The average Bonchev–Trinajstić information content (AvgIpc) is 2.72. The van der Waals surface area contributed by atoms with Gasteiger partial charge in [-0.25, -0.2) is 4.99 Å². The van der Waals surface area contributed by atoms with E-state index in [4.69, 9.17) is 5.21 Å². The molecule has 1 fully saturated rings. The number of hydrogen-bond donors (Lipinski definition) is 1. The summed E-state index contributed by atoms with van der Waals surface area (Å²) in [7, 11) is 0. The third-order valence-electron chi connectivity index (χ3n) is 2.63. The van der Waals surface area contributed by atoms with Crippen LogP contribution >= 0.6 is 0 Å². The summed E-state index contributed by atoms with van der Waals surface area (Å²) in [6.45, 7) is 0. The fourth-order valence-corrected chi connectivity index (χ4v) is 1.93. The lowest BCUT2D eigenvalue weighted by Crippen LogP contribution is -2.27. The first-order valence-electron chi connectivity index (χ1n) is 4.45. The maximum Gasteiger partial charge on any atom is 0.300 e. The summed E-state index contributed by atoms with van der Waals surface area (Å²) in [4.78, 5) is 27.0. The second-order valence-electron chi connectivity index (χ2n) is 3.44. The Morgan fingerprint density at radius 2 is 2.00 bits per heavy atom. The quantitative estimate of drug-likeness (QED) is 0.495. The van der Waals surface area contributed by atoms with Gasteiger partial charge >= 0.3 is 0 Å². The van der Waals surface area contributed by atoms with Gasteiger partial charge < -0.3 is 0 Å². The zero-order valence-electron chi connectivity index (χ0n) is 7.54. The highest BCUT2D eigenvalue weighted by Crippen LogP contribution is 2.39. The van der Waals surface area contributed by atoms with E-state index in [2.05, 4.69) is 4.99 Å². The number of amides is 2. The lowest BCUT2D eigenvalue weighted by molar-refractivity contribution is -0.170. The molecule has 1 unspecified atom stereocenters. The maximum atomic E-state index is 11.5. The van der Waals surface area contributed by atoms with E-state index in [-0.39, 0.29) is 10.8 Å². The van der Waals surface area contributed by atoms with E-state index in [1.165, 1.54) is 0 Å². The van der Waals surface area contributed by atoms with Crippen molar-refractivity contribution in [1.29, 1.82) is 0 Å². The molecule has 2 amide bonds. The van der Waals surface area contributed by atoms with Gasteiger partial charge in [-0.1, -0.05) is 18.2 Å². The molecular weight excluding hydrogens is 196 g/mol. The van der Waals surface area contributed by atoms with E-state index in [1.54, 1.807) is 24.3 Å². The van der Waals surface area contributed by atoms with Crippen molar-refractivity contribution >= 4 is 23.2 Å². The number of benzene rings is 1. The number of imide groups is 1. The fourth-order valence-electron chi connectivity index (χ4n) is 1.93. The van der Waals surface area contributed by atoms with Gasteiger partial charge in [-0.15, -0.1) is 5.06 Å². The molecule has 15 heavy (non-hydrogen) atoms. The molecule has 1 atom stereocenters. The van der Waals surface area contributed by atoms with Crippen LogP contribution in [0, 0.1) is 0 Å². The maximum absolute atomic E-state index is 11.5. The summed E-state index contributed by atoms with van der Waals surface area (Å²) in [6, 6.07) is 7.04. The van der Waals surface area contributed by atoms with Gasteiger partial charge in [-0.2, -0.15) is 0 Å². The van der Waals surface area contributed by atoms with Crippen LogP contribution < -0.4 is 0 Å². The van der Waals surface area contributed by atoms with Crippen molar-refractivity contribution in [3.63, 3.8) is 0 Å². The Kier molecular flexibility index (Phi) is 1.39. The Balaban J connectivity index is 2.22. The van der Waals surface area contributed by atoms with Gasteiger partial charge in [-0.05, 0) is 11.6 Å². The molecule has 5 heteroatoms. The van der Waals surface area contributed by atoms with Gasteiger partial charge in [0, 0.05) is 0 Å². The normalized spacial score (nSPS) is 22.9.